The van der Waals surface area contributed by atoms with E-state index in [-0.39, 0.29) is 43.2 Å². The summed E-state index contributed by atoms with van der Waals surface area (Å²) in [4.78, 5) is 23.0. The highest BCUT2D eigenvalue weighted by Gasteiger charge is 2.36. The van der Waals surface area contributed by atoms with E-state index < -0.39 is 52.4 Å². The molecule has 3 aromatic rings. The molecule has 12 heteroatoms. The van der Waals surface area contributed by atoms with Crippen LogP contribution in [0.4, 0.5) is 28.9 Å². The average molecular weight is 560 g/mol. The van der Waals surface area contributed by atoms with Crippen LogP contribution in [0.15, 0.2) is 42.7 Å². The Morgan fingerprint density at radius 2 is 1.82 bits per heavy atom. The summed E-state index contributed by atoms with van der Waals surface area (Å²) < 4.78 is 65.5. The molecular weight excluding hydrogens is 530 g/mol. The van der Waals surface area contributed by atoms with Crippen molar-refractivity contribution in [1.29, 1.82) is 0 Å². The predicted octanol–water partition coefficient (Wildman–Crippen LogP) is 3.93. The van der Waals surface area contributed by atoms with E-state index in [0.717, 1.165) is 24.3 Å². The van der Waals surface area contributed by atoms with Crippen LogP contribution in [-0.2, 0) is 10.4 Å². The Kier molecular flexibility index (Phi) is 7.76. The third-order valence-electron chi connectivity index (χ3n) is 7.51. The van der Waals surface area contributed by atoms with Crippen LogP contribution in [0.5, 0.6) is 0 Å². The van der Waals surface area contributed by atoms with Gasteiger partial charge in [-0.1, -0.05) is 6.92 Å². The minimum Gasteiger partial charge on any atom is -0.391 e. The molecule has 8 nitrogen and oxygen atoms in total. The van der Waals surface area contributed by atoms with Gasteiger partial charge in [0.1, 0.15) is 34.5 Å². The lowest BCUT2D eigenvalue weighted by molar-refractivity contribution is -0.0117. The van der Waals surface area contributed by atoms with Gasteiger partial charge in [-0.05, 0) is 35.9 Å². The minimum atomic E-state index is -1.97. The van der Waals surface area contributed by atoms with Crippen molar-refractivity contribution in [2.24, 2.45) is 11.7 Å². The van der Waals surface area contributed by atoms with E-state index in [1.807, 2.05) is 11.8 Å². The fraction of sp³-hybridized carbons (Fsp3) is 0.393. The van der Waals surface area contributed by atoms with E-state index in [4.69, 9.17) is 10.5 Å². The third kappa shape index (κ3) is 5.38. The summed E-state index contributed by atoms with van der Waals surface area (Å²) in [5, 5.41) is 12.9. The summed E-state index contributed by atoms with van der Waals surface area (Å²) >= 11 is 0. The van der Waals surface area contributed by atoms with Crippen molar-refractivity contribution >= 4 is 17.3 Å². The van der Waals surface area contributed by atoms with Crippen molar-refractivity contribution < 1.29 is 32.2 Å². The summed E-state index contributed by atoms with van der Waals surface area (Å²) in [5.41, 5.74) is 2.99. The molecule has 1 aromatic carbocycles. The molecule has 2 aliphatic rings. The number of ether oxygens (including phenoxy) is 1. The fourth-order valence-corrected chi connectivity index (χ4v) is 5.24. The lowest BCUT2D eigenvalue weighted by atomic mass is 9.87. The second-order valence-electron chi connectivity index (χ2n) is 10.3. The molecule has 4 heterocycles. The molecule has 0 bridgehead atoms. The lowest BCUT2D eigenvalue weighted by Gasteiger charge is -2.40. The first-order chi connectivity index (χ1) is 19.1. The quantitative estimate of drug-likeness (QED) is 0.406. The second-order valence-corrected chi connectivity index (χ2v) is 10.3. The largest absolute Gasteiger partial charge is 0.391 e. The molecule has 2 saturated heterocycles. The Bertz CT molecular complexity index is 1380. The highest BCUT2D eigenvalue weighted by Crippen LogP contribution is 2.39. The van der Waals surface area contributed by atoms with Gasteiger partial charge in [0.25, 0.3) is 5.91 Å². The third-order valence-corrected chi connectivity index (χ3v) is 7.51. The number of hydrogen-bond donors (Lipinski definition) is 3. The molecular formula is C28H29F4N5O3. The number of anilines is 2. The number of nitrogens with one attached hydrogen (secondary N) is 1. The first-order valence-electron chi connectivity index (χ1n) is 12.9. The summed E-state index contributed by atoms with van der Waals surface area (Å²) in [6.07, 6.45) is 2.16. The van der Waals surface area contributed by atoms with Gasteiger partial charge in [0, 0.05) is 57.3 Å². The van der Waals surface area contributed by atoms with E-state index >= 15 is 13.2 Å². The normalized spacial score (nSPS) is 22.7. The number of carbonyl (C=O) groups excluding carboxylic acids is 1. The van der Waals surface area contributed by atoms with Crippen LogP contribution >= 0.6 is 0 Å². The number of benzene rings is 1. The number of carbonyl (C=O) groups is 1. The number of hydrogen-bond acceptors (Lipinski definition) is 7. The molecule has 0 aliphatic carbocycles. The molecule has 4 N–H and O–H groups in total. The zero-order valence-electron chi connectivity index (χ0n) is 21.7. The molecule has 2 aromatic heterocycles. The first kappa shape index (κ1) is 27.9. The number of amides is 1. The molecule has 0 unspecified atom stereocenters. The molecule has 2 fully saturated rings. The standard InChI is InChI=1S/C28H29F4N5O3/c1-15-13-37(14-20(33)26(15)38)23-4-7-34-12-22(23)36-27(39)21-3-2-17(29)25(35-21)24-18(30)10-16(11-19(24)31)28(32)5-8-40-9-6-28/h2-4,7,10-12,15,20,26,38H,5-6,8-9,13-14,33H2,1H3,(H,36,39)/t15-,20+,26+/m0/s1. The van der Waals surface area contributed by atoms with E-state index in [0.29, 0.717) is 24.5 Å². The number of nitrogens with two attached hydrogens (primary N) is 1. The van der Waals surface area contributed by atoms with Crippen LogP contribution in [0.25, 0.3) is 11.3 Å². The molecule has 0 saturated carbocycles. The number of pyridine rings is 2. The molecule has 3 atom stereocenters. The van der Waals surface area contributed by atoms with Gasteiger partial charge in [-0.15, -0.1) is 0 Å². The van der Waals surface area contributed by atoms with Crippen molar-refractivity contribution in [2.75, 3.05) is 36.5 Å². The van der Waals surface area contributed by atoms with Crippen molar-refractivity contribution in [3.63, 3.8) is 0 Å². The molecule has 1 amide bonds. The van der Waals surface area contributed by atoms with Crippen LogP contribution < -0.4 is 16.0 Å². The second kappa shape index (κ2) is 11.1. The lowest BCUT2D eigenvalue weighted by Crippen LogP contribution is -2.55. The summed E-state index contributed by atoms with van der Waals surface area (Å²) in [7, 11) is 0. The molecule has 5 rings (SSSR count). The van der Waals surface area contributed by atoms with Gasteiger partial charge in [0.05, 0.1) is 29.2 Å². The predicted molar refractivity (Wildman–Crippen MR) is 140 cm³/mol. The number of rotatable bonds is 5. The Labute approximate surface area is 228 Å². The number of aliphatic hydroxyl groups is 1. The van der Waals surface area contributed by atoms with E-state index in [1.54, 1.807) is 6.07 Å². The van der Waals surface area contributed by atoms with E-state index in [2.05, 4.69) is 15.3 Å². The van der Waals surface area contributed by atoms with Crippen LogP contribution in [0.2, 0.25) is 0 Å². The number of alkyl halides is 1. The van der Waals surface area contributed by atoms with Gasteiger partial charge in [-0.2, -0.15) is 0 Å². The van der Waals surface area contributed by atoms with Crippen LogP contribution in [0.1, 0.15) is 35.8 Å². The van der Waals surface area contributed by atoms with Crippen LogP contribution in [-0.4, -0.2) is 59.4 Å². The minimum absolute atomic E-state index is 0.0628. The first-order valence-corrected chi connectivity index (χ1v) is 12.9. The van der Waals surface area contributed by atoms with Gasteiger partial charge in [0.15, 0.2) is 0 Å². The van der Waals surface area contributed by atoms with Gasteiger partial charge >= 0.3 is 0 Å². The SMILES string of the molecule is C[C@H]1CN(c2ccncc2NC(=O)c2ccc(F)c(-c3c(F)cc(C4(F)CCOCC4)cc3F)n2)C[C@@H](N)[C@@H]1O. The number of piperidine rings is 1. The molecule has 0 spiro atoms. The highest BCUT2D eigenvalue weighted by molar-refractivity contribution is 6.04. The molecule has 212 valence electrons. The van der Waals surface area contributed by atoms with Crippen molar-refractivity contribution in [1.82, 2.24) is 9.97 Å². The van der Waals surface area contributed by atoms with Gasteiger partial charge in [0.2, 0.25) is 0 Å². The number of aromatic nitrogens is 2. The monoisotopic (exact) mass is 559 g/mol. The Balaban J connectivity index is 1.42. The van der Waals surface area contributed by atoms with Gasteiger partial charge in [-0.3, -0.25) is 9.78 Å². The summed E-state index contributed by atoms with van der Waals surface area (Å²) in [6.45, 7) is 2.89. The van der Waals surface area contributed by atoms with Crippen molar-refractivity contribution in [3.05, 3.63) is 71.4 Å². The number of halogens is 4. The fourth-order valence-electron chi connectivity index (χ4n) is 5.24. The Morgan fingerprint density at radius 1 is 1.12 bits per heavy atom. The Morgan fingerprint density at radius 3 is 2.50 bits per heavy atom. The zero-order chi connectivity index (χ0) is 28.6. The molecule has 40 heavy (non-hydrogen) atoms. The maximum Gasteiger partial charge on any atom is 0.274 e. The smallest absolute Gasteiger partial charge is 0.274 e. The molecule has 2 aliphatic heterocycles. The zero-order valence-corrected chi connectivity index (χ0v) is 21.7. The molecule has 0 radical (unpaired) electrons. The number of nitrogens with zero attached hydrogens (tertiary/aromatic N) is 3. The maximum absolute atomic E-state index is 15.3. The van der Waals surface area contributed by atoms with Crippen LogP contribution in [0, 0.1) is 23.4 Å². The highest BCUT2D eigenvalue weighted by atomic mass is 19.1. The maximum atomic E-state index is 15.3. The average Bonchev–Trinajstić information content (AvgIpc) is 2.92. The summed E-state index contributed by atoms with van der Waals surface area (Å²) in [5.74, 6) is -4.35. The number of aliphatic hydroxyl groups excluding tert-OH is 1. The topological polar surface area (TPSA) is 114 Å². The van der Waals surface area contributed by atoms with Crippen LogP contribution in [0.3, 0.4) is 0 Å². The van der Waals surface area contributed by atoms with E-state index in [1.165, 1.54) is 12.4 Å². The van der Waals surface area contributed by atoms with Gasteiger partial charge in [-0.25, -0.2) is 22.5 Å². The van der Waals surface area contributed by atoms with E-state index in [9.17, 15) is 14.3 Å². The summed E-state index contributed by atoms with van der Waals surface area (Å²) in [6, 6.07) is 4.81. The van der Waals surface area contributed by atoms with Gasteiger partial charge < -0.3 is 25.8 Å². The Hall–Kier alpha value is -3.61. The van der Waals surface area contributed by atoms with Crippen molar-refractivity contribution in [3.8, 4) is 11.3 Å². The van der Waals surface area contributed by atoms with Crippen molar-refractivity contribution in [2.45, 2.75) is 37.6 Å².